The number of hydrogen-bond acceptors (Lipinski definition) is 1. The molecule has 1 aromatic heterocycles. The molecule has 0 amide bonds. The van der Waals surface area contributed by atoms with E-state index in [9.17, 15) is 0 Å². The zero-order valence-corrected chi connectivity index (χ0v) is 16.6. The summed E-state index contributed by atoms with van der Waals surface area (Å²) in [6.07, 6.45) is 7.75. The first kappa shape index (κ1) is 14.7. The summed E-state index contributed by atoms with van der Waals surface area (Å²) in [4.78, 5) is 0. The molecule has 17 heavy (non-hydrogen) atoms. The monoisotopic (exact) mass is 640 g/mol. The Morgan fingerprint density at radius 2 is 1.88 bits per heavy atom. The predicted molar refractivity (Wildman–Crippen MR) is 82.6 cm³/mol. The van der Waals surface area contributed by atoms with Crippen LogP contribution >= 0.6 is 45.7 Å². The quantitative estimate of drug-likeness (QED) is 0.356. The summed E-state index contributed by atoms with van der Waals surface area (Å²) in [7, 11) is 2.11. The normalized spacial score (nSPS) is 19.2. The number of rotatable bonds is 2. The van der Waals surface area contributed by atoms with Crippen LogP contribution < -0.4 is 0 Å². The first-order chi connectivity index (χ1) is 8.00. The fraction of sp³-hybridized carbons (Fsp3) is 0.727. The summed E-state index contributed by atoms with van der Waals surface area (Å²) in [5, 5.41) is 0. The van der Waals surface area contributed by atoms with E-state index in [0.717, 1.165) is 12.1 Å². The molecule has 100 valence electrons. The summed E-state index contributed by atoms with van der Waals surface area (Å²) < 4.78 is 8.19. The minimum atomic E-state index is 0.809. The van der Waals surface area contributed by atoms with Gasteiger partial charge in [0.15, 0.2) is 0 Å². The van der Waals surface area contributed by atoms with Crippen molar-refractivity contribution in [3.8, 4) is 0 Å². The molecule has 0 radical (unpaired) electrons. The van der Waals surface area contributed by atoms with E-state index in [1.165, 1.54) is 35.2 Å². The van der Waals surface area contributed by atoms with Gasteiger partial charge in [0.05, 0.1) is 0 Å². The van der Waals surface area contributed by atoms with Crippen molar-refractivity contribution in [1.82, 2.24) is 10.5 Å². The Labute approximate surface area is 141 Å². The molecule has 2 fully saturated rings. The molecule has 1 heterocycles. The standard InChI is InChI=1S/C8H12N2.C3H5I2N.Pt/c1-7-5-9(2)6-10(7)8-3-4-8;4-6(5)3-1-2-3;/h5,8H,3-4H2,1-2H3;3H,1-2H2;. The van der Waals surface area contributed by atoms with Crippen LogP contribution in [0.2, 0.25) is 0 Å². The van der Waals surface area contributed by atoms with Crippen molar-refractivity contribution in [2.45, 2.75) is 44.7 Å². The molecule has 6 heteroatoms. The summed E-state index contributed by atoms with van der Waals surface area (Å²) in [5.41, 5.74) is 1.39. The number of aryl methyl sites for hydroxylation is 2. The second-order valence-electron chi connectivity index (χ2n) is 4.71. The number of imidazole rings is 1. The molecule has 0 aromatic carbocycles. The van der Waals surface area contributed by atoms with E-state index in [0.29, 0.717) is 0 Å². The second-order valence-corrected chi connectivity index (χ2v) is 9.66. The van der Waals surface area contributed by atoms with Crippen molar-refractivity contribution in [2.75, 3.05) is 0 Å². The molecule has 3 nitrogen and oxygen atoms in total. The third-order valence-electron chi connectivity index (χ3n) is 2.95. The molecule has 0 N–H and O–H groups in total. The van der Waals surface area contributed by atoms with Crippen molar-refractivity contribution < 1.29 is 19.4 Å². The third kappa shape index (κ3) is 4.14. The van der Waals surface area contributed by atoms with E-state index in [1.54, 1.807) is 0 Å². The zero-order valence-electron chi connectivity index (χ0n) is 9.97. The Morgan fingerprint density at radius 1 is 1.29 bits per heavy atom. The SMILES string of the molecule is Cc1cn(C)[c](=[Pt])n1C1CC1.IN(I)C1CC1. The summed E-state index contributed by atoms with van der Waals surface area (Å²) in [6, 6.07) is 1.72. The molecule has 0 saturated heterocycles. The Kier molecular flexibility index (Phi) is 5.35. The van der Waals surface area contributed by atoms with Crippen molar-refractivity contribution in [2.24, 2.45) is 7.05 Å². The van der Waals surface area contributed by atoms with Gasteiger partial charge in [0.2, 0.25) is 0 Å². The van der Waals surface area contributed by atoms with Crippen molar-refractivity contribution in [3.63, 3.8) is 0 Å². The summed E-state index contributed by atoms with van der Waals surface area (Å²) in [5.74, 6) is 0. The van der Waals surface area contributed by atoms with E-state index < -0.39 is 0 Å². The molecule has 1 aromatic rings. The molecule has 0 atom stereocenters. The Morgan fingerprint density at radius 3 is 2.12 bits per heavy atom. The van der Waals surface area contributed by atoms with Gasteiger partial charge >= 0.3 is 77.0 Å². The average molecular weight is 640 g/mol. The van der Waals surface area contributed by atoms with Crippen molar-refractivity contribution in [3.05, 3.63) is 15.7 Å². The fourth-order valence-electron chi connectivity index (χ4n) is 1.73. The van der Waals surface area contributed by atoms with Gasteiger partial charge in [0, 0.05) is 51.8 Å². The Hall–Kier alpha value is 1.32. The maximum absolute atomic E-state index is 2.43. The molecular formula is C11H17I2N3Pt. The van der Waals surface area contributed by atoms with E-state index in [-0.39, 0.29) is 0 Å². The van der Waals surface area contributed by atoms with Crippen LogP contribution in [0.5, 0.6) is 0 Å². The molecule has 2 saturated carbocycles. The first-order valence-electron chi connectivity index (χ1n) is 5.81. The maximum Gasteiger partial charge on any atom is 0.0311 e. The van der Waals surface area contributed by atoms with Gasteiger partial charge in [-0.05, 0) is 12.8 Å². The van der Waals surface area contributed by atoms with Crippen molar-refractivity contribution >= 4 is 45.7 Å². The van der Waals surface area contributed by atoms with Crippen LogP contribution in [-0.4, -0.2) is 16.5 Å². The van der Waals surface area contributed by atoms with Gasteiger partial charge in [-0.2, -0.15) is 1.33 Å². The minimum absolute atomic E-state index is 0.809. The number of hydrogen-bond donors (Lipinski definition) is 0. The Bertz CT molecular complexity index is 444. The van der Waals surface area contributed by atoms with Gasteiger partial charge in [0.1, 0.15) is 0 Å². The van der Waals surface area contributed by atoms with Gasteiger partial charge in [-0.15, -0.1) is 0 Å². The van der Waals surface area contributed by atoms with Gasteiger partial charge in [-0.25, -0.2) is 0 Å². The van der Waals surface area contributed by atoms with E-state index >= 15 is 0 Å². The van der Waals surface area contributed by atoms with Crippen LogP contribution in [0.15, 0.2) is 6.20 Å². The summed E-state index contributed by atoms with van der Waals surface area (Å²) in [6.45, 7) is 2.18. The third-order valence-corrected chi connectivity index (χ3v) is 5.87. The maximum atomic E-state index is 2.43. The van der Waals surface area contributed by atoms with Crippen LogP contribution in [0.1, 0.15) is 37.4 Å². The van der Waals surface area contributed by atoms with Gasteiger partial charge < -0.3 is 0 Å². The number of halogens is 2. The van der Waals surface area contributed by atoms with E-state index in [1.807, 2.05) is 0 Å². The molecule has 2 aliphatic rings. The molecule has 0 spiro atoms. The molecule has 0 unspecified atom stereocenters. The average Bonchev–Trinajstić information content (AvgIpc) is 3.13. The van der Waals surface area contributed by atoms with Crippen LogP contribution in [0, 0.1) is 10.7 Å². The van der Waals surface area contributed by atoms with Crippen LogP contribution in [0.25, 0.3) is 0 Å². The zero-order chi connectivity index (χ0) is 12.6. The fourth-order valence-corrected chi connectivity index (χ4v) is 3.80. The molecule has 0 aliphatic heterocycles. The summed E-state index contributed by atoms with van der Waals surface area (Å²) >= 11 is 7.02. The molecule has 2 aliphatic carbocycles. The van der Waals surface area contributed by atoms with Gasteiger partial charge in [0.25, 0.3) is 0 Å². The Balaban J connectivity index is 0.000000153. The molecule has 3 rings (SSSR count). The number of nitrogens with zero attached hydrogens (tertiary/aromatic N) is 3. The van der Waals surface area contributed by atoms with Crippen LogP contribution in [0.4, 0.5) is 0 Å². The molecular weight excluding hydrogens is 623 g/mol. The van der Waals surface area contributed by atoms with Crippen molar-refractivity contribution in [1.29, 1.82) is 0 Å². The first-order valence-corrected chi connectivity index (χ1v) is 8.88. The smallest absolute Gasteiger partial charge is 0.0311 e. The van der Waals surface area contributed by atoms with E-state index in [2.05, 4.69) is 95.7 Å². The largest absolute Gasteiger partial charge is 0.185 e. The van der Waals surface area contributed by atoms with Crippen LogP contribution in [-0.2, 0) is 26.4 Å². The van der Waals surface area contributed by atoms with Gasteiger partial charge in [-0.3, -0.25) is 0 Å². The van der Waals surface area contributed by atoms with Crippen LogP contribution in [0.3, 0.4) is 0 Å². The van der Waals surface area contributed by atoms with E-state index in [4.69, 9.17) is 0 Å². The second kappa shape index (κ2) is 6.18. The topological polar surface area (TPSA) is 13.1 Å². The number of aromatic nitrogens is 2. The molecule has 0 bridgehead atoms. The minimum Gasteiger partial charge on any atom is -0.185 e. The van der Waals surface area contributed by atoms with Gasteiger partial charge in [-0.1, -0.05) is 0 Å². The predicted octanol–water partition coefficient (Wildman–Crippen LogP) is 3.70.